The van der Waals surface area contributed by atoms with Crippen LogP contribution in [0.15, 0.2) is 48.2 Å². The summed E-state index contributed by atoms with van der Waals surface area (Å²) in [7, 11) is 0. The first-order valence-corrected chi connectivity index (χ1v) is 10.9. The van der Waals surface area contributed by atoms with E-state index in [1.54, 1.807) is 6.20 Å². The SMILES string of the molecule is Cc1cccc(N2CCN(/C=C(/C#N)C(=O)Nc3c(C)cccc3C(C)C)CC2)c1C.Cl. The third-order valence-electron chi connectivity index (χ3n) is 6.07. The Morgan fingerprint density at radius 3 is 2.28 bits per heavy atom. The number of carbonyl (C=O) groups excluding carboxylic acids is 1. The van der Waals surface area contributed by atoms with Gasteiger partial charge < -0.3 is 15.1 Å². The Bertz CT molecular complexity index is 1030. The number of hydrogen-bond donors (Lipinski definition) is 1. The number of halogens is 1. The normalized spacial score (nSPS) is 14.1. The molecule has 0 saturated carbocycles. The fourth-order valence-electron chi connectivity index (χ4n) is 4.01. The molecule has 1 aliphatic heterocycles. The van der Waals surface area contributed by atoms with Crippen LogP contribution in [0.3, 0.4) is 0 Å². The molecule has 1 heterocycles. The molecule has 0 unspecified atom stereocenters. The van der Waals surface area contributed by atoms with Crippen LogP contribution < -0.4 is 10.2 Å². The van der Waals surface area contributed by atoms with Gasteiger partial charge in [0, 0.05) is 43.8 Å². The maximum absolute atomic E-state index is 12.9. The van der Waals surface area contributed by atoms with E-state index < -0.39 is 0 Å². The molecule has 1 N–H and O–H groups in total. The number of aryl methyl sites for hydroxylation is 2. The van der Waals surface area contributed by atoms with Crippen LogP contribution in [0.4, 0.5) is 11.4 Å². The standard InChI is InChI=1S/C26H32N4O.ClH/c1-18(2)23-10-6-9-20(4)25(23)28-26(31)22(16-27)17-29-12-14-30(15-13-29)24-11-7-8-19(3)21(24)5;/h6-11,17-18H,12-15H2,1-5H3,(H,28,31);1H/b22-17-;. The predicted octanol–water partition coefficient (Wildman–Crippen LogP) is 5.33. The molecule has 1 saturated heterocycles. The van der Waals surface area contributed by atoms with Crippen LogP contribution in [0.2, 0.25) is 0 Å². The Morgan fingerprint density at radius 1 is 1.03 bits per heavy atom. The minimum absolute atomic E-state index is 0. The Labute approximate surface area is 198 Å². The Kier molecular flexibility index (Phi) is 8.74. The number of anilines is 2. The van der Waals surface area contributed by atoms with Gasteiger partial charge in [-0.15, -0.1) is 12.4 Å². The summed E-state index contributed by atoms with van der Waals surface area (Å²) >= 11 is 0. The van der Waals surface area contributed by atoms with Crippen LogP contribution in [-0.2, 0) is 4.79 Å². The second-order valence-corrected chi connectivity index (χ2v) is 8.54. The summed E-state index contributed by atoms with van der Waals surface area (Å²) in [5, 5.41) is 12.6. The quantitative estimate of drug-likeness (QED) is 0.492. The molecule has 0 spiro atoms. The number of nitriles is 1. The lowest BCUT2D eigenvalue weighted by Gasteiger charge is -2.36. The van der Waals surface area contributed by atoms with Gasteiger partial charge in [0.25, 0.3) is 5.91 Å². The van der Waals surface area contributed by atoms with Crippen molar-refractivity contribution in [2.75, 3.05) is 36.4 Å². The van der Waals surface area contributed by atoms with Crippen LogP contribution in [0.5, 0.6) is 0 Å². The molecule has 1 amide bonds. The molecule has 2 aromatic carbocycles. The molecule has 0 radical (unpaired) electrons. The lowest BCUT2D eigenvalue weighted by molar-refractivity contribution is -0.112. The van der Waals surface area contributed by atoms with Crippen molar-refractivity contribution in [3.8, 4) is 6.07 Å². The highest BCUT2D eigenvalue weighted by Gasteiger charge is 2.20. The molecule has 1 fully saturated rings. The number of para-hydroxylation sites is 1. The van der Waals surface area contributed by atoms with Crippen LogP contribution in [0.1, 0.15) is 42.0 Å². The summed E-state index contributed by atoms with van der Waals surface area (Å²) in [4.78, 5) is 17.3. The first kappa shape index (κ1) is 25.3. The Balaban J connectivity index is 0.00000363. The third-order valence-corrected chi connectivity index (χ3v) is 6.07. The maximum atomic E-state index is 12.9. The zero-order chi connectivity index (χ0) is 22.5. The van der Waals surface area contributed by atoms with Gasteiger partial charge in [0.2, 0.25) is 0 Å². The second kappa shape index (κ2) is 11.1. The van der Waals surface area contributed by atoms with Gasteiger partial charge in [-0.1, -0.05) is 44.2 Å². The van der Waals surface area contributed by atoms with E-state index in [0.29, 0.717) is 0 Å². The molecule has 3 rings (SSSR count). The molecule has 2 aromatic rings. The number of amides is 1. The fraction of sp³-hybridized carbons (Fsp3) is 0.385. The maximum Gasteiger partial charge on any atom is 0.267 e. The Morgan fingerprint density at radius 2 is 1.66 bits per heavy atom. The van der Waals surface area contributed by atoms with E-state index in [9.17, 15) is 10.1 Å². The molecule has 0 bridgehead atoms. The molecule has 170 valence electrons. The van der Waals surface area contributed by atoms with Crippen LogP contribution >= 0.6 is 12.4 Å². The molecular formula is C26H33ClN4O. The van der Waals surface area contributed by atoms with E-state index >= 15 is 0 Å². The number of benzene rings is 2. The van der Waals surface area contributed by atoms with E-state index in [4.69, 9.17) is 0 Å². The molecule has 1 aliphatic rings. The van der Waals surface area contributed by atoms with Crippen LogP contribution in [0, 0.1) is 32.1 Å². The lowest BCUT2D eigenvalue weighted by atomic mass is 9.98. The van der Waals surface area contributed by atoms with Gasteiger partial charge in [-0.05, 0) is 55.0 Å². The number of piperazine rings is 1. The summed E-state index contributed by atoms with van der Waals surface area (Å²) in [6, 6.07) is 14.5. The predicted molar refractivity (Wildman–Crippen MR) is 135 cm³/mol. The highest BCUT2D eigenvalue weighted by Crippen LogP contribution is 2.28. The summed E-state index contributed by atoms with van der Waals surface area (Å²) in [6.45, 7) is 13.7. The van der Waals surface area contributed by atoms with Crippen LogP contribution in [0.25, 0.3) is 0 Å². The van der Waals surface area contributed by atoms with E-state index in [2.05, 4.69) is 67.1 Å². The van der Waals surface area contributed by atoms with Gasteiger partial charge in [0.15, 0.2) is 0 Å². The molecule has 0 aromatic heterocycles. The van der Waals surface area contributed by atoms with E-state index in [1.165, 1.54) is 16.8 Å². The number of rotatable bonds is 5. The largest absolute Gasteiger partial charge is 0.373 e. The van der Waals surface area contributed by atoms with Gasteiger partial charge in [-0.2, -0.15) is 5.26 Å². The molecule has 6 heteroatoms. The Hall–Kier alpha value is -2.97. The summed E-state index contributed by atoms with van der Waals surface area (Å²) in [5.41, 5.74) is 6.89. The topological polar surface area (TPSA) is 59.4 Å². The highest BCUT2D eigenvalue weighted by atomic mass is 35.5. The van der Waals surface area contributed by atoms with Crippen molar-refractivity contribution in [3.05, 3.63) is 70.4 Å². The first-order valence-electron chi connectivity index (χ1n) is 10.9. The van der Waals surface area contributed by atoms with Gasteiger partial charge in [-0.3, -0.25) is 4.79 Å². The van der Waals surface area contributed by atoms with Crippen molar-refractivity contribution < 1.29 is 4.79 Å². The highest BCUT2D eigenvalue weighted by molar-refractivity contribution is 6.07. The monoisotopic (exact) mass is 452 g/mol. The van der Waals surface area contributed by atoms with Crippen molar-refractivity contribution >= 4 is 29.7 Å². The number of nitrogens with zero attached hydrogens (tertiary/aromatic N) is 3. The van der Waals surface area contributed by atoms with Crippen molar-refractivity contribution in [2.45, 2.75) is 40.5 Å². The van der Waals surface area contributed by atoms with E-state index in [0.717, 1.165) is 43.0 Å². The first-order chi connectivity index (χ1) is 14.8. The number of nitrogens with one attached hydrogen (secondary N) is 1. The average Bonchev–Trinajstić information content (AvgIpc) is 2.75. The summed E-state index contributed by atoms with van der Waals surface area (Å²) < 4.78 is 0. The summed E-state index contributed by atoms with van der Waals surface area (Å²) in [6.07, 6.45) is 1.71. The fourth-order valence-corrected chi connectivity index (χ4v) is 4.01. The molecule has 0 atom stereocenters. The van der Waals surface area contributed by atoms with Crippen molar-refractivity contribution in [3.63, 3.8) is 0 Å². The van der Waals surface area contributed by atoms with E-state index in [1.807, 2.05) is 25.1 Å². The third kappa shape index (κ3) is 5.63. The van der Waals surface area contributed by atoms with Crippen molar-refractivity contribution in [1.82, 2.24) is 4.90 Å². The smallest absolute Gasteiger partial charge is 0.267 e. The zero-order valence-electron chi connectivity index (χ0n) is 19.6. The summed E-state index contributed by atoms with van der Waals surface area (Å²) in [5.74, 6) is -0.0708. The molecule has 32 heavy (non-hydrogen) atoms. The molecular weight excluding hydrogens is 420 g/mol. The number of hydrogen-bond acceptors (Lipinski definition) is 4. The minimum Gasteiger partial charge on any atom is -0.373 e. The second-order valence-electron chi connectivity index (χ2n) is 8.54. The average molecular weight is 453 g/mol. The van der Waals surface area contributed by atoms with Crippen LogP contribution in [-0.4, -0.2) is 37.0 Å². The van der Waals surface area contributed by atoms with Crippen molar-refractivity contribution in [2.24, 2.45) is 0 Å². The molecule has 0 aliphatic carbocycles. The lowest BCUT2D eigenvalue weighted by Crippen LogP contribution is -2.44. The van der Waals surface area contributed by atoms with Gasteiger partial charge in [-0.25, -0.2) is 0 Å². The van der Waals surface area contributed by atoms with Gasteiger partial charge in [0.05, 0.1) is 0 Å². The molecule has 5 nitrogen and oxygen atoms in total. The zero-order valence-corrected chi connectivity index (χ0v) is 20.4. The van der Waals surface area contributed by atoms with Crippen molar-refractivity contribution in [1.29, 1.82) is 5.26 Å². The number of carbonyl (C=O) groups is 1. The van der Waals surface area contributed by atoms with Gasteiger partial charge >= 0.3 is 0 Å². The van der Waals surface area contributed by atoms with Gasteiger partial charge in [0.1, 0.15) is 11.6 Å². The minimum atomic E-state index is -0.351. The van der Waals surface area contributed by atoms with E-state index in [-0.39, 0.29) is 29.8 Å².